The lowest BCUT2D eigenvalue weighted by Gasteiger charge is -2.21. The van der Waals surface area contributed by atoms with Crippen molar-refractivity contribution in [2.75, 3.05) is 4.90 Å². The molecule has 2 aromatic rings. The maximum absolute atomic E-state index is 12.6. The predicted octanol–water partition coefficient (Wildman–Crippen LogP) is 4.64. The van der Waals surface area contributed by atoms with E-state index in [-0.39, 0.29) is 5.91 Å². The topological polar surface area (TPSA) is 20.3 Å². The van der Waals surface area contributed by atoms with Gasteiger partial charge in [0.15, 0.2) is 0 Å². The number of carbonyl (C=O) groups is 1. The molecule has 0 saturated heterocycles. The fourth-order valence-electron chi connectivity index (χ4n) is 2.59. The van der Waals surface area contributed by atoms with E-state index in [4.69, 9.17) is 0 Å². The van der Waals surface area contributed by atoms with Crippen molar-refractivity contribution >= 4 is 33.2 Å². The SMILES string of the molecule is C=C1c2ccccc2C(=O)N1c1ccc(Br)cc1CC. The number of aryl methyl sites for hydroxylation is 1. The third kappa shape index (κ3) is 1.90. The third-order valence-corrected chi connectivity index (χ3v) is 4.10. The number of hydrogen-bond acceptors (Lipinski definition) is 1. The number of benzene rings is 2. The molecule has 2 nitrogen and oxygen atoms in total. The first-order chi connectivity index (χ1) is 9.63. The van der Waals surface area contributed by atoms with Crippen LogP contribution >= 0.6 is 15.9 Å². The summed E-state index contributed by atoms with van der Waals surface area (Å²) in [5.74, 6) is 0.00243. The summed E-state index contributed by atoms with van der Waals surface area (Å²) in [6.45, 7) is 6.18. The Morgan fingerprint density at radius 2 is 1.85 bits per heavy atom. The van der Waals surface area contributed by atoms with E-state index in [9.17, 15) is 4.79 Å². The fourth-order valence-corrected chi connectivity index (χ4v) is 3.00. The van der Waals surface area contributed by atoms with E-state index < -0.39 is 0 Å². The van der Waals surface area contributed by atoms with Crippen molar-refractivity contribution in [1.29, 1.82) is 0 Å². The van der Waals surface area contributed by atoms with Crippen LogP contribution in [0.2, 0.25) is 0 Å². The zero-order valence-electron chi connectivity index (χ0n) is 11.2. The summed E-state index contributed by atoms with van der Waals surface area (Å²) >= 11 is 3.48. The number of anilines is 1. The van der Waals surface area contributed by atoms with Crippen molar-refractivity contribution in [3.8, 4) is 0 Å². The molecule has 0 bridgehead atoms. The first-order valence-electron chi connectivity index (χ1n) is 6.54. The van der Waals surface area contributed by atoms with Gasteiger partial charge >= 0.3 is 0 Å². The standard InChI is InChI=1S/C17H14BrNO/c1-3-12-10-13(18)8-9-16(12)19-11(2)14-6-4-5-7-15(14)17(19)20/h4-10H,2-3H2,1H3. The van der Waals surface area contributed by atoms with Crippen LogP contribution in [0.4, 0.5) is 5.69 Å². The monoisotopic (exact) mass is 327 g/mol. The third-order valence-electron chi connectivity index (χ3n) is 3.60. The van der Waals surface area contributed by atoms with E-state index in [0.717, 1.165) is 39.0 Å². The lowest BCUT2D eigenvalue weighted by Crippen LogP contribution is -2.23. The van der Waals surface area contributed by atoms with Gasteiger partial charge in [0, 0.05) is 15.6 Å². The number of nitrogens with zero attached hydrogens (tertiary/aromatic N) is 1. The normalized spacial score (nSPS) is 13.8. The fraction of sp³-hybridized carbons (Fsp3) is 0.118. The van der Waals surface area contributed by atoms with Gasteiger partial charge in [-0.25, -0.2) is 0 Å². The largest absolute Gasteiger partial charge is 0.277 e. The average molecular weight is 328 g/mol. The molecule has 2 aromatic carbocycles. The van der Waals surface area contributed by atoms with E-state index in [1.54, 1.807) is 4.90 Å². The van der Waals surface area contributed by atoms with Gasteiger partial charge in [0.25, 0.3) is 5.91 Å². The molecule has 0 saturated carbocycles. The van der Waals surface area contributed by atoms with E-state index >= 15 is 0 Å². The molecule has 0 unspecified atom stereocenters. The van der Waals surface area contributed by atoms with Gasteiger partial charge < -0.3 is 0 Å². The molecule has 1 aliphatic rings. The molecule has 0 aliphatic carbocycles. The molecule has 0 fully saturated rings. The van der Waals surface area contributed by atoms with Gasteiger partial charge in [0.05, 0.1) is 11.4 Å². The van der Waals surface area contributed by atoms with Crippen LogP contribution in [-0.2, 0) is 6.42 Å². The van der Waals surface area contributed by atoms with Gasteiger partial charge in [0.2, 0.25) is 0 Å². The van der Waals surface area contributed by atoms with Gasteiger partial charge in [-0.05, 0) is 36.2 Å². The molecule has 0 N–H and O–H groups in total. The Kier molecular flexibility index (Phi) is 3.22. The van der Waals surface area contributed by atoms with Crippen molar-refractivity contribution < 1.29 is 4.79 Å². The lowest BCUT2D eigenvalue weighted by molar-refractivity contribution is 0.101. The maximum Gasteiger partial charge on any atom is 0.263 e. The second-order valence-corrected chi connectivity index (χ2v) is 5.68. The van der Waals surface area contributed by atoms with Crippen LogP contribution in [0.15, 0.2) is 53.5 Å². The highest BCUT2D eigenvalue weighted by atomic mass is 79.9. The van der Waals surface area contributed by atoms with Crippen LogP contribution in [-0.4, -0.2) is 5.91 Å². The van der Waals surface area contributed by atoms with Crippen LogP contribution in [0.3, 0.4) is 0 Å². The first kappa shape index (κ1) is 13.1. The Balaban J connectivity index is 2.14. The Morgan fingerprint density at radius 3 is 2.50 bits per heavy atom. The van der Waals surface area contributed by atoms with Crippen LogP contribution < -0.4 is 4.90 Å². The molecule has 1 amide bonds. The molecule has 100 valence electrons. The van der Waals surface area contributed by atoms with Crippen LogP contribution in [0.25, 0.3) is 5.70 Å². The Morgan fingerprint density at radius 1 is 1.15 bits per heavy atom. The average Bonchev–Trinajstić information content (AvgIpc) is 2.72. The summed E-state index contributed by atoms with van der Waals surface area (Å²) < 4.78 is 1.02. The molecule has 0 aromatic heterocycles. The maximum atomic E-state index is 12.6. The van der Waals surface area contributed by atoms with Crippen molar-refractivity contribution in [2.45, 2.75) is 13.3 Å². The lowest BCUT2D eigenvalue weighted by atomic mass is 10.1. The quantitative estimate of drug-likeness (QED) is 0.786. The smallest absolute Gasteiger partial charge is 0.263 e. The van der Waals surface area contributed by atoms with Crippen molar-refractivity contribution in [2.24, 2.45) is 0 Å². The minimum Gasteiger partial charge on any atom is -0.277 e. The van der Waals surface area contributed by atoms with E-state index in [2.05, 4.69) is 35.5 Å². The number of rotatable bonds is 2. The molecular weight excluding hydrogens is 314 g/mol. The second kappa shape index (κ2) is 4.91. The van der Waals surface area contributed by atoms with Crippen LogP contribution in [0.1, 0.15) is 28.4 Å². The highest BCUT2D eigenvalue weighted by Crippen LogP contribution is 2.38. The molecule has 1 aliphatic heterocycles. The molecule has 1 heterocycles. The minimum absolute atomic E-state index is 0.00243. The van der Waals surface area contributed by atoms with Crippen molar-refractivity contribution in [3.63, 3.8) is 0 Å². The van der Waals surface area contributed by atoms with Gasteiger partial charge in [-0.3, -0.25) is 9.69 Å². The zero-order chi connectivity index (χ0) is 14.3. The predicted molar refractivity (Wildman–Crippen MR) is 85.8 cm³/mol. The van der Waals surface area contributed by atoms with Crippen molar-refractivity contribution in [3.05, 3.63) is 70.2 Å². The summed E-state index contributed by atoms with van der Waals surface area (Å²) in [6.07, 6.45) is 0.863. The molecule has 3 heteroatoms. The molecule has 20 heavy (non-hydrogen) atoms. The highest BCUT2D eigenvalue weighted by Gasteiger charge is 2.32. The summed E-state index contributed by atoms with van der Waals surface area (Å²) in [6, 6.07) is 13.6. The summed E-state index contributed by atoms with van der Waals surface area (Å²) in [5, 5.41) is 0. The van der Waals surface area contributed by atoms with E-state index in [0.29, 0.717) is 0 Å². The Bertz CT molecular complexity index is 686. The van der Waals surface area contributed by atoms with Crippen LogP contribution in [0.5, 0.6) is 0 Å². The molecule has 0 radical (unpaired) electrons. The van der Waals surface area contributed by atoms with Gasteiger partial charge in [-0.2, -0.15) is 0 Å². The molecule has 0 atom stereocenters. The van der Waals surface area contributed by atoms with Crippen molar-refractivity contribution in [1.82, 2.24) is 0 Å². The minimum atomic E-state index is 0.00243. The molecule has 3 rings (SSSR count). The van der Waals surface area contributed by atoms with Gasteiger partial charge in [-0.15, -0.1) is 0 Å². The van der Waals surface area contributed by atoms with Crippen LogP contribution in [0, 0.1) is 0 Å². The number of fused-ring (bicyclic) bond motifs is 1. The van der Waals surface area contributed by atoms with Gasteiger partial charge in [-0.1, -0.05) is 47.6 Å². The highest BCUT2D eigenvalue weighted by molar-refractivity contribution is 9.10. The summed E-state index contributed by atoms with van der Waals surface area (Å²) in [5.41, 5.74) is 4.44. The molecular formula is C17H14BrNO. The number of carbonyl (C=O) groups excluding carboxylic acids is 1. The first-order valence-corrected chi connectivity index (χ1v) is 7.34. The summed E-state index contributed by atoms with van der Waals surface area (Å²) in [7, 11) is 0. The Hall–Kier alpha value is -1.87. The zero-order valence-corrected chi connectivity index (χ0v) is 12.8. The second-order valence-electron chi connectivity index (χ2n) is 4.76. The number of halogens is 1. The molecule has 0 spiro atoms. The summed E-state index contributed by atoms with van der Waals surface area (Å²) in [4.78, 5) is 14.3. The number of hydrogen-bond donors (Lipinski definition) is 0. The number of amides is 1. The van der Waals surface area contributed by atoms with Gasteiger partial charge in [0.1, 0.15) is 0 Å². The van der Waals surface area contributed by atoms with E-state index in [1.807, 2.05) is 36.4 Å². The van der Waals surface area contributed by atoms with E-state index in [1.165, 1.54) is 0 Å². The Labute approximate surface area is 126 Å².